The first-order valence-corrected chi connectivity index (χ1v) is 8.46. The quantitative estimate of drug-likeness (QED) is 0.663. The van der Waals surface area contributed by atoms with Crippen LogP contribution in [0.1, 0.15) is 22.5 Å². The summed E-state index contributed by atoms with van der Waals surface area (Å²) in [6, 6.07) is 20.2. The van der Waals surface area contributed by atoms with Crippen molar-refractivity contribution in [2.45, 2.75) is 0 Å². The Bertz CT molecular complexity index is 1060. The molecule has 0 amide bonds. The largest absolute Gasteiger partial charge is 0.378 e. The maximum absolute atomic E-state index is 9.19. The zero-order valence-electron chi connectivity index (χ0n) is 15.5. The van der Waals surface area contributed by atoms with Gasteiger partial charge >= 0.3 is 0 Å². The molecule has 132 valence electrons. The molecule has 0 fully saturated rings. The van der Waals surface area contributed by atoms with E-state index in [9.17, 15) is 5.26 Å². The molecule has 1 aromatic heterocycles. The molecule has 0 unspecified atom stereocenters. The van der Waals surface area contributed by atoms with E-state index in [-0.39, 0.29) is 11.4 Å². The zero-order valence-corrected chi connectivity index (χ0v) is 15.5. The highest BCUT2D eigenvalue weighted by atomic mass is 15.1. The summed E-state index contributed by atoms with van der Waals surface area (Å²) in [4.78, 5) is 6.34. The summed E-state index contributed by atoms with van der Waals surface area (Å²) >= 11 is 0. The van der Waals surface area contributed by atoms with Gasteiger partial charge in [0.05, 0.1) is 0 Å². The third kappa shape index (κ3) is 3.73. The van der Waals surface area contributed by atoms with E-state index in [0.717, 1.165) is 16.7 Å². The van der Waals surface area contributed by atoms with Crippen LogP contribution in [0.25, 0.3) is 23.5 Å². The van der Waals surface area contributed by atoms with Crippen LogP contribution in [-0.2, 0) is 7.05 Å². The van der Waals surface area contributed by atoms with Crippen molar-refractivity contribution in [3.8, 4) is 23.5 Å². The Balaban J connectivity index is 1.81. The van der Waals surface area contributed by atoms with E-state index in [1.165, 1.54) is 5.69 Å². The molecule has 0 spiro atoms. The highest BCUT2D eigenvalue weighted by molar-refractivity contribution is 5.72. The fourth-order valence-corrected chi connectivity index (χ4v) is 2.78. The van der Waals surface area contributed by atoms with Crippen molar-refractivity contribution in [3.05, 3.63) is 71.0 Å². The summed E-state index contributed by atoms with van der Waals surface area (Å²) in [6.07, 6.45) is 4.12. The number of aromatic nitrogens is 2. The molecular formula is C22H19N5. The third-order valence-corrected chi connectivity index (χ3v) is 4.35. The molecule has 0 N–H and O–H groups in total. The molecular weight excluding hydrogens is 334 g/mol. The SMILES string of the molecule is CN(C)c1ccc(/C=C/c2ccc(-c3nc(C#N)c(C#N)n3C)cc2)cc1. The average Bonchev–Trinajstić information content (AvgIpc) is 3.02. The van der Waals surface area contributed by atoms with Crippen LogP contribution in [-0.4, -0.2) is 23.6 Å². The first kappa shape index (κ1) is 18.0. The van der Waals surface area contributed by atoms with Gasteiger partial charge in [-0.1, -0.05) is 48.6 Å². The van der Waals surface area contributed by atoms with Gasteiger partial charge in [-0.15, -0.1) is 0 Å². The van der Waals surface area contributed by atoms with Gasteiger partial charge in [-0.25, -0.2) is 4.98 Å². The first-order valence-electron chi connectivity index (χ1n) is 8.46. The van der Waals surface area contributed by atoms with E-state index >= 15 is 0 Å². The Morgan fingerprint density at radius 3 is 1.89 bits per heavy atom. The highest BCUT2D eigenvalue weighted by Crippen LogP contribution is 2.22. The van der Waals surface area contributed by atoms with Gasteiger partial charge in [0, 0.05) is 32.4 Å². The minimum Gasteiger partial charge on any atom is -0.378 e. The van der Waals surface area contributed by atoms with Gasteiger partial charge in [0.15, 0.2) is 11.4 Å². The predicted octanol–water partition coefficient (Wildman–Crippen LogP) is 4.07. The van der Waals surface area contributed by atoms with Crippen molar-refractivity contribution in [1.29, 1.82) is 10.5 Å². The molecule has 27 heavy (non-hydrogen) atoms. The Hall–Kier alpha value is -3.83. The van der Waals surface area contributed by atoms with E-state index in [4.69, 9.17) is 5.26 Å². The van der Waals surface area contributed by atoms with E-state index in [1.54, 1.807) is 11.6 Å². The third-order valence-electron chi connectivity index (χ3n) is 4.35. The van der Waals surface area contributed by atoms with Crippen molar-refractivity contribution in [3.63, 3.8) is 0 Å². The van der Waals surface area contributed by atoms with Gasteiger partial charge in [0.2, 0.25) is 0 Å². The number of benzene rings is 2. The summed E-state index contributed by atoms with van der Waals surface area (Å²) < 4.78 is 1.65. The van der Waals surface area contributed by atoms with E-state index in [1.807, 2.05) is 56.6 Å². The fourth-order valence-electron chi connectivity index (χ4n) is 2.78. The second kappa shape index (κ2) is 7.59. The van der Waals surface area contributed by atoms with Gasteiger partial charge in [0.1, 0.15) is 18.0 Å². The second-order valence-corrected chi connectivity index (χ2v) is 6.36. The van der Waals surface area contributed by atoms with Crippen LogP contribution in [0, 0.1) is 22.7 Å². The van der Waals surface area contributed by atoms with Crippen molar-refractivity contribution in [2.24, 2.45) is 7.05 Å². The summed E-state index contributed by atoms with van der Waals surface area (Å²) in [6.45, 7) is 0. The van der Waals surface area contributed by atoms with Crippen molar-refractivity contribution >= 4 is 17.8 Å². The van der Waals surface area contributed by atoms with Crippen molar-refractivity contribution < 1.29 is 0 Å². The molecule has 0 atom stereocenters. The minimum absolute atomic E-state index is 0.153. The van der Waals surface area contributed by atoms with Gasteiger partial charge in [-0.05, 0) is 23.3 Å². The lowest BCUT2D eigenvalue weighted by atomic mass is 10.1. The van der Waals surface area contributed by atoms with Crippen LogP contribution in [0.5, 0.6) is 0 Å². The highest BCUT2D eigenvalue weighted by Gasteiger charge is 2.15. The average molecular weight is 353 g/mol. The lowest BCUT2D eigenvalue weighted by Crippen LogP contribution is -2.07. The Morgan fingerprint density at radius 2 is 1.44 bits per heavy atom. The summed E-state index contributed by atoms with van der Waals surface area (Å²) in [5, 5.41) is 18.3. The van der Waals surface area contributed by atoms with Gasteiger partial charge in [0.25, 0.3) is 0 Å². The topological polar surface area (TPSA) is 68.6 Å². The molecule has 3 aromatic rings. The molecule has 1 heterocycles. The van der Waals surface area contributed by atoms with E-state index in [0.29, 0.717) is 5.82 Å². The zero-order chi connectivity index (χ0) is 19.4. The normalized spacial score (nSPS) is 10.6. The molecule has 0 saturated heterocycles. The maximum Gasteiger partial charge on any atom is 0.177 e. The fraction of sp³-hybridized carbons (Fsp3) is 0.136. The predicted molar refractivity (Wildman–Crippen MR) is 108 cm³/mol. The summed E-state index contributed by atoms with van der Waals surface area (Å²) in [5.41, 5.74) is 4.65. The molecule has 0 aliphatic rings. The molecule has 0 saturated carbocycles. The number of nitriles is 2. The Morgan fingerprint density at radius 1 is 0.889 bits per heavy atom. The first-order chi connectivity index (χ1) is 13.0. The van der Waals surface area contributed by atoms with Crippen LogP contribution in [0.4, 0.5) is 5.69 Å². The molecule has 3 rings (SSSR count). The molecule has 0 aliphatic heterocycles. The lowest BCUT2D eigenvalue weighted by molar-refractivity contribution is 0.907. The van der Waals surface area contributed by atoms with Gasteiger partial charge in [-0.2, -0.15) is 10.5 Å². The monoisotopic (exact) mass is 353 g/mol. The molecule has 2 aromatic carbocycles. The molecule has 0 radical (unpaired) electrons. The molecule has 5 nitrogen and oxygen atoms in total. The molecule has 0 aliphatic carbocycles. The summed E-state index contributed by atoms with van der Waals surface area (Å²) in [7, 11) is 5.78. The lowest BCUT2D eigenvalue weighted by Gasteiger charge is -2.11. The number of hydrogen-bond acceptors (Lipinski definition) is 4. The van der Waals surface area contributed by atoms with Gasteiger partial charge < -0.3 is 9.47 Å². The molecule has 5 heteroatoms. The number of imidazole rings is 1. The van der Waals surface area contributed by atoms with Crippen LogP contribution >= 0.6 is 0 Å². The minimum atomic E-state index is 0.153. The van der Waals surface area contributed by atoms with Gasteiger partial charge in [-0.3, -0.25) is 0 Å². The smallest absolute Gasteiger partial charge is 0.177 e. The van der Waals surface area contributed by atoms with Crippen molar-refractivity contribution in [2.75, 3.05) is 19.0 Å². The summed E-state index contributed by atoms with van der Waals surface area (Å²) in [5.74, 6) is 0.609. The van der Waals surface area contributed by atoms with Crippen molar-refractivity contribution in [1.82, 2.24) is 9.55 Å². The van der Waals surface area contributed by atoms with E-state index < -0.39 is 0 Å². The Labute approximate surface area is 159 Å². The molecule has 0 bridgehead atoms. The number of rotatable bonds is 4. The standard InChI is InChI=1S/C22H19N5/c1-26(2)19-12-8-17(9-13-19)5-4-16-6-10-18(11-7-16)22-25-20(14-23)21(15-24)27(22)3/h4-13H,1-3H3/b5-4+. The van der Waals surface area contributed by atoms with Crippen LogP contribution in [0.3, 0.4) is 0 Å². The Kier molecular flexibility index (Phi) is 5.06. The number of nitrogens with zero attached hydrogens (tertiary/aromatic N) is 5. The van der Waals surface area contributed by atoms with Crippen LogP contribution in [0.15, 0.2) is 48.5 Å². The number of anilines is 1. The maximum atomic E-state index is 9.19. The second-order valence-electron chi connectivity index (χ2n) is 6.36. The van der Waals surface area contributed by atoms with Crippen LogP contribution in [0.2, 0.25) is 0 Å². The number of hydrogen-bond donors (Lipinski definition) is 0. The van der Waals surface area contributed by atoms with Crippen LogP contribution < -0.4 is 4.90 Å². The van der Waals surface area contributed by atoms with E-state index in [2.05, 4.69) is 40.2 Å².